The average Bonchev–Trinajstić information content (AvgIpc) is 3.25. The van der Waals surface area contributed by atoms with Crippen LogP contribution in [0.2, 0.25) is 0 Å². The number of fused-ring (bicyclic) bond motifs is 1. The number of benzene rings is 2. The Bertz CT molecular complexity index is 1460. The fourth-order valence-corrected chi connectivity index (χ4v) is 4.01. The average molecular weight is 481 g/mol. The number of oxazole rings is 1. The molecule has 34 heavy (non-hydrogen) atoms. The smallest absolute Gasteiger partial charge is 0.338 e. The summed E-state index contributed by atoms with van der Waals surface area (Å²) < 4.78 is 37.6. The lowest BCUT2D eigenvalue weighted by Gasteiger charge is -2.10. The molecule has 0 saturated carbocycles. The molecule has 0 spiro atoms. The van der Waals surface area contributed by atoms with Crippen molar-refractivity contribution in [1.29, 1.82) is 0 Å². The van der Waals surface area contributed by atoms with E-state index >= 15 is 0 Å². The van der Waals surface area contributed by atoms with E-state index in [4.69, 9.17) is 9.15 Å². The highest BCUT2D eigenvalue weighted by molar-refractivity contribution is 7.92. The molecule has 174 valence electrons. The molecule has 2 N–H and O–H groups in total. The Hall–Kier alpha value is -4.32. The Morgan fingerprint density at radius 1 is 1.00 bits per heavy atom. The minimum atomic E-state index is -3.92. The Morgan fingerprint density at radius 2 is 1.71 bits per heavy atom. The van der Waals surface area contributed by atoms with Crippen LogP contribution in [0.5, 0.6) is 0 Å². The van der Waals surface area contributed by atoms with Gasteiger partial charge in [-0.2, -0.15) is 0 Å². The first-order chi connectivity index (χ1) is 16.2. The molecule has 0 radical (unpaired) electrons. The summed E-state index contributed by atoms with van der Waals surface area (Å²) in [5, 5.41) is 2.53. The van der Waals surface area contributed by atoms with Gasteiger partial charge in [0.05, 0.1) is 10.5 Å². The quantitative estimate of drug-likeness (QED) is 0.379. The molecule has 0 atom stereocenters. The van der Waals surface area contributed by atoms with Crippen molar-refractivity contribution in [3.05, 3.63) is 71.9 Å². The molecule has 0 aliphatic rings. The molecule has 4 aromatic rings. The number of carbonyl (C=O) groups excluding carboxylic acids is 2. The number of nitrogens with zero attached hydrogens (tertiary/aromatic N) is 3. The summed E-state index contributed by atoms with van der Waals surface area (Å²) in [4.78, 5) is 36.4. The Kier molecular flexibility index (Phi) is 6.23. The van der Waals surface area contributed by atoms with Gasteiger partial charge in [0, 0.05) is 17.1 Å². The van der Waals surface area contributed by atoms with Crippen LogP contribution in [0, 0.1) is 13.8 Å². The monoisotopic (exact) mass is 481 g/mol. The van der Waals surface area contributed by atoms with Crippen molar-refractivity contribution >= 4 is 44.6 Å². The summed E-state index contributed by atoms with van der Waals surface area (Å²) in [7, 11) is -3.92. The zero-order valence-corrected chi connectivity index (χ0v) is 18.9. The lowest BCUT2D eigenvalue weighted by molar-refractivity contribution is -0.119. The number of amides is 1. The van der Waals surface area contributed by atoms with E-state index in [1.54, 1.807) is 26.0 Å². The molecule has 0 fully saturated rings. The number of hydrogen-bond acceptors (Lipinski definition) is 9. The fraction of sp³-hybridized carbons (Fsp3) is 0.136. The van der Waals surface area contributed by atoms with Gasteiger partial charge in [-0.3, -0.25) is 4.79 Å². The summed E-state index contributed by atoms with van der Waals surface area (Å²) in [5.74, 6) is -1.31. The second-order valence-electron chi connectivity index (χ2n) is 7.26. The van der Waals surface area contributed by atoms with Gasteiger partial charge in [-0.15, -0.1) is 0 Å². The number of rotatable bonds is 7. The molecule has 2 aromatic carbocycles. The highest BCUT2D eigenvalue weighted by atomic mass is 32.2. The first kappa shape index (κ1) is 22.9. The van der Waals surface area contributed by atoms with Crippen molar-refractivity contribution < 1.29 is 27.2 Å². The van der Waals surface area contributed by atoms with Gasteiger partial charge in [0.2, 0.25) is 5.95 Å². The van der Waals surface area contributed by atoms with Crippen molar-refractivity contribution in [2.75, 3.05) is 16.6 Å². The number of ether oxygens (including phenoxy) is 1. The van der Waals surface area contributed by atoms with Gasteiger partial charge in [0.15, 0.2) is 18.6 Å². The Balaban J connectivity index is 1.34. The van der Waals surface area contributed by atoms with Crippen LogP contribution in [0.15, 0.2) is 64.2 Å². The second-order valence-corrected chi connectivity index (χ2v) is 8.95. The summed E-state index contributed by atoms with van der Waals surface area (Å²) in [6, 6.07) is 11.8. The van der Waals surface area contributed by atoms with Crippen LogP contribution in [0.25, 0.3) is 11.1 Å². The number of esters is 1. The lowest BCUT2D eigenvalue weighted by Crippen LogP contribution is -2.21. The van der Waals surface area contributed by atoms with Crippen molar-refractivity contribution in [1.82, 2.24) is 15.0 Å². The fourth-order valence-electron chi connectivity index (χ4n) is 3.06. The standard InChI is InChI=1S/C22H19N5O6S/c1-13-9-14(2)25-22(24-13)27-34(30,31)17-6-4-16(5-7-17)26-20(28)11-32-21(29)15-3-8-19-18(10-15)23-12-33-19/h3-10,12H,11H2,1-2H3,(H,26,28)(H,24,25,27). The number of nitrogens with one attached hydrogen (secondary N) is 2. The van der Waals surface area contributed by atoms with E-state index in [1.165, 1.54) is 42.8 Å². The number of hydrogen-bond donors (Lipinski definition) is 2. The lowest BCUT2D eigenvalue weighted by atomic mass is 10.2. The van der Waals surface area contributed by atoms with Crippen LogP contribution in [-0.2, 0) is 19.6 Å². The zero-order valence-electron chi connectivity index (χ0n) is 18.1. The van der Waals surface area contributed by atoms with E-state index in [0.29, 0.717) is 28.2 Å². The molecule has 4 rings (SSSR count). The number of aryl methyl sites for hydroxylation is 2. The predicted octanol–water partition coefficient (Wildman–Crippen LogP) is 2.83. The van der Waals surface area contributed by atoms with Gasteiger partial charge >= 0.3 is 5.97 Å². The van der Waals surface area contributed by atoms with E-state index in [1.807, 2.05) is 0 Å². The maximum absolute atomic E-state index is 12.6. The molecule has 0 unspecified atom stereocenters. The van der Waals surface area contributed by atoms with Crippen LogP contribution in [-0.4, -0.2) is 41.9 Å². The number of anilines is 2. The summed E-state index contributed by atoms with van der Waals surface area (Å²) >= 11 is 0. The van der Waals surface area contributed by atoms with Crippen molar-refractivity contribution in [3.8, 4) is 0 Å². The summed E-state index contributed by atoms with van der Waals surface area (Å²) in [6.07, 6.45) is 1.26. The van der Waals surface area contributed by atoms with Gasteiger partial charge in [-0.25, -0.2) is 32.9 Å². The van der Waals surface area contributed by atoms with Crippen LogP contribution in [0.1, 0.15) is 21.7 Å². The molecule has 12 heteroatoms. The summed E-state index contributed by atoms with van der Waals surface area (Å²) in [5.41, 5.74) is 2.82. The second kappa shape index (κ2) is 9.27. The van der Waals surface area contributed by atoms with Gasteiger partial charge < -0.3 is 14.5 Å². The van der Waals surface area contributed by atoms with Gasteiger partial charge in [-0.1, -0.05) is 0 Å². The predicted molar refractivity (Wildman–Crippen MR) is 122 cm³/mol. The SMILES string of the molecule is Cc1cc(C)nc(NS(=O)(=O)c2ccc(NC(=O)COC(=O)c3ccc4ocnc4c3)cc2)n1. The molecule has 0 aliphatic carbocycles. The molecule has 2 heterocycles. The summed E-state index contributed by atoms with van der Waals surface area (Å²) in [6.45, 7) is 2.94. The highest BCUT2D eigenvalue weighted by Gasteiger charge is 2.17. The largest absolute Gasteiger partial charge is 0.452 e. The highest BCUT2D eigenvalue weighted by Crippen LogP contribution is 2.18. The minimum Gasteiger partial charge on any atom is -0.452 e. The first-order valence-corrected chi connectivity index (χ1v) is 11.4. The van der Waals surface area contributed by atoms with Crippen LogP contribution in [0.4, 0.5) is 11.6 Å². The third kappa shape index (κ3) is 5.35. The maximum atomic E-state index is 12.6. The van der Waals surface area contributed by atoms with E-state index in [0.717, 1.165) is 0 Å². The van der Waals surface area contributed by atoms with Gasteiger partial charge in [0.1, 0.15) is 5.52 Å². The van der Waals surface area contributed by atoms with E-state index in [2.05, 4.69) is 25.0 Å². The van der Waals surface area contributed by atoms with E-state index < -0.39 is 28.5 Å². The molecule has 2 aromatic heterocycles. The molecule has 1 amide bonds. The first-order valence-electron chi connectivity index (χ1n) is 9.95. The van der Waals surface area contributed by atoms with E-state index in [-0.39, 0.29) is 16.4 Å². The van der Waals surface area contributed by atoms with Crippen molar-refractivity contribution in [3.63, 3.8) is 0 Å². The normalized spacial score (nSPS) is 11.2. The minimum absolute atomic E-state index is 0.0283. The van der Waals surface area contributed by atoms with Gasteiger partial charge in [-0.05, 0) is 62.4 Å². The third-order valence-electron chi connectivity index (χ3n) is 4.56. The van der Waals surface area contributed by atoms with Gasteiger partial charge in [0.25, 0.3) is 15.9 Å². The number of carbonyl (C=O) groups is 2. The molecule has 0 saturated heterocycles. The molecular weight excluding hydrogens is 462 g/mol. The Labute approximate surface area is 194 Å². The van der Waals surface area contributed by atoms with Crippen LogP contribution < -0.4 is 10.0 Å². The molecule has 11 nitrogen and oxygen atoms in total. The maximum Gasteiger partial charge on any atom is 0.338 e. The van der Waals surface area contributed by atoms with Crippen molar-refractivity contribution in [2.45, 2.75) is 18.7 Å². The topological polar surface area (TPSA) is 153 Å². The molecule has 0 bridgehead atoms. The van der Waals surface area contributed by atoms with Crippen molar-refractivity contribution in [2.24, 2.45) is 0 Å². The molecular formula is C22H19N5O6S. The van der Waals surface area contributed by atoms with Crippen LogP contribution >= 0.6 is 0 Å². The third-order valence-corrected chi connectivity index (χ3v) is 5.90. The van der Waals surface area contributed by atoms with E-state index in [9.17, 15) is 18.0 Å². The molecule has 0 aliphatic heterocycles. The Morgan fingerprint density at radius 3 is 2.41 bits per heavy atom. The number of sulfonamides is 1. The number of aromatic nitrogens is 3. The van der Waals surface area contributed by atoms with Crippen LogP contribution in [0.3, 0.4) is 0 Å². The zero-order chi connectivity index (χ0) is 24.3.